The van der Waals surface area contributed by atoms with Crippen molar-refractivity contribution in [1.82, 2.24) is 5.16 Å². The molecule has 0 saturated heterocycles. The van der Waals surface area contributed by atoms with Gasteiger partial charge in [-0.25, -0.2) is 0 Å². The van der Waals surface area contributed by atoms with E-state index < -0.39 is 0 Å². The molecule has 2 N–H and O–H groups in total. The van der Waals surface area contributed by atoms with Gasteiger partial charge in [-0.1, -0.05) is 5.16 Å². The summed E-state index contributed by atoms with van der Waals surface area (Å²) in [5, 5.41) is 3.89. The van der Waals surface area contributed by atoms with Crippen molar-refractivity contribution in [2.75, 3.05) is 6.61 Å². The molecule has 4 nitrogen and oxygen atoms in total. The van der Waals surface area contributed by atoms with Gasteiger partial charge in [0.25, 0.3) is 0 Å². The van der Waals surface area contributed by atoms with Crippen LogP contribution in [0, 0.1) is 0 Å². The van der Waals surface area contributed by atoms with Crippen LogP contribution in [0.15, 0.2) is 28.8 Å². The maximum atomic E-state index is 5.57. The predicted molar refractivity (Wildman–Crippen MR) is 63.6 cm³/mol. The number of hydrogen-bond acceptors (Lipinski definition) is 4. The van der Waals surface area contributed by atoms with Crippen LogP contribution in [-0.2, 0) is 13.0 Å². The van der Waals surface area contributed by atoms with Gasteiger partial charge in [-0.05, 0) is 36.6 Å². The average Bonchev–Trinajstić information content (AvgIpc) is 2.87. The Bertz CT molecular complexity index is 534. The van der Waals surface area contributed by atoms with Crippen molar-refractivity contribution in [3.63, 3.8) is 0 Å². The summed E-state index contributed by atoms with van der Waals surface area (Å²) in [5.41, 5.74) is 8.55. The first kappa shape index (κ1) is 10.4. The maximum Gasteiger partial charge on any atom is 0.167 e. The average molecular weight is 230 g/mol. The van der Waals surface area contributed by atoms with Gasteiger partial charge < -0.3 is 15.0 Å². The summed E-state index contributed by atoms with van der Waals surface area (Å²) in [6.07, 6.45) is 2.13. The number of benzene rings is 1. The number of nitrogens with two attached hydrogens (primary N) is 1. The van der Waals surface area contributed by atoms with Crippen LogP contribution in [0.25, 0.3) is 11.3 Å². The van der Waals surface area contributed by atoms with Crippen molar-refractivity contribution in [3.8, 4) is 17.1 Å². The summed E-state index contributed by atoms with van der Waals surface area (Å²) in [5.74, 6) is 1.75. The second-order valence-corrected chi connectivity index (χ2v) is 4.16. The minimum absolute atomic E-state index is 0.400. The number of nitrogens with zero attached hydrogens (tertiary/aromatic N) is 1. The molecule has 17 heavy (non-hydrogen) atoms. The fourth-order valence-electron chi connectivity index (χ4n) is 2.06. The Balaban J connectivity index is 1.97. The molecule has 88 valence electrons. The lowest BCUT2D eigenvalue weighted by Gasteiger charge is -2.17. The largest absolute Gasteiger partial charge is 0.493 e. The lowest BCUT2D eigenvalue weighted by atomic mass is 10.0. The Labute approximate surface area is 99.4 Å². The molecule has 1 aliphatic rings. The van der Waals surface area contributed by atoms with Crippen LogP contribution >= 0.6 is 0 Å². The second-order valence-electron chi connectivity index (χ2n) is 4.16. The third kappa shape index (κ3) is 1.91. The number of aryl methyl sites for hydroxylation is 1. The molecular formula is C13H14N2O2. The minimum Gasteiger partial charge on any atom is -0.493 e. The van der Waals surface area contributed by atoms with E-state index in [-0.39, 0.29) is 0 Å². The molecule has 0 saturated carbocycles. The molecule has 3 rings (SSSR count). The molecule has 0 bridgehead atoms. The van der Waals surface area contributed by atoms with E-state index in [9.17, 15) is 0 Å². The first-order valence-electron chi connectivity index (χ1n) is 5.78. The normalized spacial score (nSPS) is 14.2. The Kier molecular flexibility index (Phi) is 2.57. The standard InChI is InChI=1S/C13H14N2O2/c14-8-11-7-13(17-15-11)10-3-4-12-9(6-10)2-1-5-16-12/h3-4,6-7H,1-2,5,8,14H2. The molecule has 0 aliphatic carbocycles. The van der Waals surface area contributed by atoms with Gasteiger partial charge in [-0.15, -0.1) is 0 Å². The fraction of sp³-hybridized carbons (Fsp3) is 0.308. The zero-order valence-corrected chi connectivity index (χ0v) is 9.48. The summed E-state index contributed by atoms with van der Waals surface area (Å²) < 4.78 is 10.8. The third-order valence-electron chi connectivity index (χ3n) is 2.96. The first-order valence-corrected chi connectivity index (χ1v) is 5.78. The summed E-state index contributed by atoms with van der Waals surface area (Å²) in [6, 6.07) is 7.97. The monoisotopic (exact) mass is 230 g/mol. The fourth-order valence-corrected chi connectivity index (χ4v) is 2.06. The molecule has 0 fully saturated rings. The van der Waals surface area contributed by atoms with Crippen LogP contribution in [0.5, 0.6) is 5.75 Å². The number of fused-ring (bicyclic) bond motifs is 1. The van der Waals surface area contributed by atoms with Crippen molar-refractivity contribution < 1.29 is 9.26 Å². The smallest absolute Gasteiger partial charge is 0.167 e. The molecular weight excluding hydrogens is 216 g/mol. The van der Waals surface area contributed by atoms with E-state index in [1.165, 1.54) is 5.56 Å². The Morgan fingerprint density at radius 2 is 2.24 bits per heavy atom. The molecule has 1 aromatic heterocycles. The number of aromatic nitrogens is 1. The topological polar surface area (TPSA) is 61.3 Å². The van der Waals surface area contributed by atoms with Gasteiger partial charge in [0.05, 0.1) is 12.3 Å². The molecule has 1 aliphatic heterocycles. The molecule has 0 amide bonds. The SMILES string of the molecule is NCc1cc(-c2ccc3c(c2)CCCO3)on1. The highest BCUT2D eigenvalue weighted by Gasteiger charge is 2.13. The van der Waals surface area contributed by atoms with Crippen LogP contribution in [0.3, 0.4) is 0 Å². The zero-order valence-electron chi connectivity index (χ0n) is 9.48. The summed E-state index contributed by atoms with van der Waals surface area (Å²) >= 11 is 0. The van der Waals surface area contributed by atoms with E-state index in [4.69, 9.17) is 15.0 Å². The summed E-state index contributed by atoms with van der Waals surface area (Å²) in [7, 11) is 0. The van der Waals surface area contributed by atoms with E-state index in [2.05, 4.69) is 11.2 Å². The predicted octanol–water partition coefficient (Wildman–Crippen LogP) is 2.13. The van der Waals surface area contributed by atoms with Crippen LogP contribution in [0.2, 0.25) is 0 Å². The van der Waals surface area contributed by atoms with E-state index in [0.717, 1.165) is 42.2 Å². The van der Waals surface area contributed by atoms with E-state index in [0.29, 0.717) is 6.54 Å². The highest BCUT2D eigenvalue weighted by Crippen LogP contribution is 2.30. The Morgan fingerprint density at radius 1 is 1.29 bits per heavy atom. The maximum absolute atomic E-state index is 5.57. The molecule has 0 radical (unpaired) electrons. The van der Waals surface area contributed by atoms with Crippen LogP contribution < -0.4 is 10.5 Å². The molecule has 2 heterocycles. The Hall–Kier alpha value is -1.81. The van der Waals surface area contributed by atoms with E-state index in [1.54, 1.807) is 0 Å². The van der Waals surface area contributed by atoms with E-state index >= 15 is 0 Å². The van der Waals surface area contributed by atoms with Crippen LogP contribution in [0.4, 0.5) is 0 Å². The van der Waals surface area contributed by atoms with E-state index in [1.807, 2.05) is 18.2 Å². The lowest BCUT2D eigenvalue weighted by molar-refractivity contribution is 0.288. The van der Waals surface area contributed by atoms with Gasteiger partial charge in [0, 0.05) is 18.2 Å². The highest BCUT2D eigenvalue weighted by atomic mass is 16.5. The number of rotatable bonds is 2. The summed E-state index contributed by atoms with van der Waals surface area (Å²) in [6.45, 7) is 1.21. The molecule has 1 aromatic carbocycles. The molecule has 2 aromatic rings. The van der Waals surface area contributed by atoms with Gasteiger partial charge in [0.2, 0.25) is 0 Å². The minimum atomic E-state index is 0.400. The van der Waals surface area contributed by atoms with Crippen LogP contribution in [-0.4, -0.2) is 11.8 Å². The van der Waals surface area contributed by atoms with Gasteiger partial charge in [0.1, 0.15) is 5.75 Å². The molecule has 4 heteroatoms. The Morgan fingerprint density at radius 3 is 3.06 bits per heavy atom. The van der Waals surface area contributed by atoms with Gasteiger partial charge in [-0.3, -0.25) is 0 Å². The highest BCUT2D eigenvalue weighted by molar-refractivity contribution is 5.61. The first-order chi connectivity index (χ1) is 8.36. The molecule has 0 atom stereocenters. The van der Waals surface area contributed by atoms with Gasteiger partial charge in [0.15, 0.2) is 5.76 Å². The molecule has 0 unspecified atom stereocenters. The lowest BCUT2D eigenvalue weighted by Crippen LogP contribution is -2.07. The quantitative estimate of drug-likeness (QED) is 0.858. The van der Waals surface area contributed by atoms with Crippen molar-refractivity contribution >= 4 is 0 Å². The van der Waals surface area contributed by atoms with Crippen LogP contribution in [0.1, 0.15) is 17.7 Å². The van der Waals surface area contributed by atoms with Crippen molar-refractivity contribution in [2.24, 2.45) is 5.73 Å². The van der Waals surface area contributed by atoms with Crippen molar-refractivity contribution in [1.29, 1.82) is 0 Å². The number of hydrogen-bond donors (Lipinski definition) is 1. The van der Waals surface area contributed by atoms with Crippen molar-refractivity contribution in [3.05, 3.63) is 35.5 Å². The third-order valence-corrected chi connectivity index (χ3v) is 2.96. The summed E-state index contributed by atoms with van der Waals surface area (Å²) in [4.78, 5) is 0. The number of ether oxygens (including phenoxy) is 1. The van der Waals surface area contributed by atoms with Gasteiger partial charge in [-0.2, -0.15) is 0 Å². The van der Waals surface area contributed by atoms with Gasteiger partial charge >= 0.3 is 0 Å². The van der Waals surface area contributed by atoms with Crippen molar-refractivity contribution in [2.45, 2.75) is 19.4 Å². The molecule has 0 spiro atoms. The zero-order chi connectivity index (χ0) is 11.7. The second kappa shape index (κ2) is 4.22.